The molecule has 6 heteroatoms. The number of piperidine rings is 1. The molecule has 2 aliphatic rings. The van der Waals surface area contributed by atoms with Gasteiger partial charge in [-0.1, -0.05) is 30.3 Å². The molecule has 0 unspecified atom stereocenters. The topological polar surface area (TPSA) is 50.6 Å². The summed E-state index contributed by atoms with van der Waals surface area (Å²) in [5, 5.41) is 0. The molecule has 1 aromatic heterocycles. The number of ether oxygens (including phenoxy) is 1. The van der Waals surface area contributed by atoms with Gasteiger partial charge in [-0.15, -0.1) is 0 Å². The second-order valence-electron chi connectivity index (χ2n) is 8.54. The molecule has 0 N–H and O–H groups in total. The van der Waals surface area contributed by atoms with Gasteiger partial charge in [0.15, 0.2) is 0 Å². The minimum absolute atomic E-state index is 0.167. The first-order valence-corrected chi connectivity index (χ1v) is 10.8. The summed E-state index contributed by atoms with van der Waals surface area (Å²) in [6, 6.07) is 16.3. The number of para-hydroxylation sites is 1. The van der Waals surface area contributed by atoms with Gasteiger partial charge in [0.25, 0.3) is 0 Å². The molecule has 0 saturated carbocycles. The molecule has 160 valence electrons. The molecule has 5 rings (SSSR count). The molecule has 1 saturated heterocycles. The fraction of sp³-hybridized carbons (Fsp3) is 0.360. The van der Waals surface area contributed by atoms with Crippen LogP contribution in [0.15, 0.2) is 60.9 Å². The fourth-order valence-corrected chi connectivity index (χ4v) is 5.06. The third-order valence-corrected chi connectivity index (χ3v) is 6.90. The second kappa shape index (κ2) is 7.85. The SMILES string of the molecule is COc1ccc(CC(=O)N2CCC3(CC2)c2nccn2-c2ccccc2CN3C)cc1. The van der Waals surface area contributed by atoms with Crippen LogP contribution in [-0.4, -0.2) is 52.5 Å². The van der Waals surface area contributed by atoms with Crippen LogP contribution in [0, 0.1) is 0 Å². The van der Waals surface area contributed by atoms with Crippen molar-refractivity contribution in [3.8, 4) is 11.4 Å². The van der Waals surface area contributed by atoms with E-state index in [0.29, 0.717) is 6.42 Å². The lowest BCUT2D eigenvalue weighted by molar-refractivity contribution is -0.133. The maximum Gasteiger partial charge on any atom is 0.226 e. The molecule has 1 amide bonds. The van der Waals surface area contributed by atoms with Crippen LogP contribution in [0.3, 0.4) is 0 Å². The van der Waals surface area contributed by atoms with E-state index in [9.17, 15) is 4.79 Å². The van der Waals surface area contributed by atoms with Crippen LogP contribution in [0.25, 0.3) is 5.69 Å². The van der Waals surface area contributed by atoms with Crippen LogP contribution in [-0.2, 0) is 23.3 Å². The average molecular weight is 417 g/mol. The van der Waals surface area contributed by atoms with Crippen LogP contribution in [0.5, 0.6) is 5.75 Å². The summed E-state index contributed by atoms with van der Waals surface area (Å²) in [6.07, 6.45) is 6.14. The highest BCUT2D eigenvalue weighted by molar-refractivity contribution is 5.79. The Hall–Kier alpha value is -3.12. The molecule has 0 aliphatic carbocycles. The molecule has 6 nitrogen and oxygen atoms in total. The van der Waals surface area contributed by atoms with Gasteiger partial charge in [-0.2, -0.15) is 0 Å². The molecule has 1 fully saturated rings. The number of likely N-dealkylation sites (tertiary alicyclic amines) is 1. The predicted octanol–water partition coefficient (Wildman–Crippen LogP) is 3.39. The van der Waals surface area contributed by atoms with E-state index in [1.54, 1.807) is 7.11 Å². The molecular weight excluding hydrogens is 388 g/mol. The first-order chi connectivity index (χ1) is 15.1. The molecular formula is C25H28N4O2. The van der Waals surface area contributed by atoms with E-state index >= 15 is 0 Å². The molecule has 3 heterocycles. The van der Waals surface area contributed by atoms with Crippen molar-refractivity contribution in [1.82, 2.24) is 19.4 Å². The number of hydrogen-bond donors (Lipinski definition) is 0. The Labute approximate surface area is 183 Å². The lowest BCUT2D eigenvalue weighted by Gasteiger charge is -2.46. The van der Waals surface area contributed by atoms with Crippen molar-refractivity contribution in [2.24, 2.45) is 0 Å². The molecule has 31 heavy (non-hydrogen) atoms. The highest BCUT2D eigenvalue weighted by Gasteiger charge is 2.45. The van der Waals surface area contributed by atoms with Gasteiger partial charge in [0, 0.05) is 32.0 Å². The van der Waals surface area contributed by atoms with E-state index in [0.717, 1.165) is 49.6 Å². The van der Waals surface area contributed by atoms with Gasteiger partial charge in [0.05, 0.1) is 24.8 Å². The summed E-state index contributed by atoms with van der Waals surface area (Å²) in [6.45, 7) is 2.35. The van der Waals surface area contributed by atoms with Gasteiger partial charge in [-0.3, -0.25) is 9.69 Å². The number of amides is 1. The largest absolute Gasteiger partial charge is 0.497 e. The molecule has 0 atom stereocenters. The van der Waals surface area contributed by atoms with Gasteiger partial charge in [-0.25, -0.2) is 4.98 Å². The smallest absolute Gasteiger partial charge is 0.226 e. The number of fused-ring (bicyclic) bond motifs is 4. The van der Waals surface area contributed by atoms with E-state index in [1.807, 2.05) is 35.4 Å². The molecule has 1 spiro atoms. The summed E-state index contributed by atoms with van der Waals surface area (Å²) >= 11 is 0. The van der Waals surface area contributed by atoms with Crippen molar-refractivity contribution in [1.29, 1.82) is 0 Å². The third kappa shape index (κ3) is 3.41. The van der Waals surface area contributed by atoms with Gasteiger partial charge < -0.3 is 14.2 Å². The zero-order chi connectivity index (χ0) is 21.4. The van der Waals surface area contributed by atoms with Crippen molar-refractivity contribution in [3.63, 3.8) is 0 Å². The Morgan fingerprint density at radius 3 is 2.58 bits per heavy atom. The highest BCUT2D eigenvalue weighted by atomic mass is 16.5. The van der Waals surface area contributed by atoms with E-state index < -0.39 is 0 Å². The standard InChI is InChI=1S/C25H28N4O2/c1-27-18-20-5-3-4-6-22(20)29-16-13-26-24(29)25(27)11-14-28(15-12-25)23(30)17-19-7-9-21(31-2)10-8-19/h3-10,13,16H,11-12,14-15,17-18H2,1-2H3. The maximum absolute atomic E-state index is 13.0. The Balaban J connectivity index is 1.35. The molecule has 3 aromatic rings. The normalized spacial score (nSPS) is 17.7. The number of carbonyl (C=O) groups excluding carboxylic acids is 1. The third-order valence-electron chi connectivity index (χ3n) is 6.90. The van der Waals surface area contributed by atoms with Gasteiger partial charge in [0.2, 0.25) is 5.91 Å². The van der Waals surface area contributed by atoms with Crippen molar-refractivity contribution < 1.29 is 9.53 Å². The predicted molar refractivity (Wildman–Crippen MR) is 119 cm³/mol. The number of rotatable bonds is 3. The summed E-state index contributed by atoms with van der Waals surface area (Å²) in [5.74, 6) is 2.08. The minimum atomic E-state index is -0.167. The van der Waals surface area contributed by atoms with E-state index in [4.69, 9.17) is 9.72 Å². The number of carbonyl (C=O) groups is 1. The average Bonchev–Trinajstić information content (AvgIpc) is 3.27. The number of benzene rings is 2. The lowest BCUT2D eigenvalue weighted by Crippen LogP contribution is -2.53. The molecule has 0 bridgehead atoms. The number of imidazole rings is 1. The van der Waals surface area contributed by atoms with Crippen molar-refractivity contribution >= 4 is 5.91 Å². The Morgan fingerprint density at radius 1 is 1.10 bits per heavy atom. The zero-order valence-electron chi connectivity index (χ0n) is 18.1. The first-order valence-electron chi connectivity index (χ1n) is 10.8. The van der Waals surface area contributed by atoms with E-state index in [-0.39, 0.29) is 11.4 Å². The van der Waals surface area contributed by atoms with Crippen molar-refractivity contribution in [2.75, 3.05) is 27.2 Å². The van der Waals surface area contributed by atoms with E-state index in [1.165, 1.54) is 11.3 Å². The molecule has 2 aliphatic heterocycles. The second-order valence-corrected chi connectivity index (χ2v) is 8.54. The maximum atomic E-state index is 13.0. The summed E-state index contributed by atoms with van der Waals surface area (Å²) in [4.78, 5) is 22.2. The summed E-state index contributed by atoms with van der Waals surface area (Å²) < 4.78 is 7.46. The quantitative estimate of drug-likeness (QED) is 0.657. The first kappa shape index (κ1) is 19.8. The van der Waals surface area contributed by atoms with Crippen molar-refractivity contribution in [2.45, 2.75) is 31.3 Å². The van der Waals surface area contributed by atoms with E-state index in [2.05, 4.69) is 47.0 Å². The number of hydrogen-bond acceptors (Lipinski definition) is 4. The summed E-state index contributed by atoms with van der Waals surface area (Å²) in [5.41, 5.74) is 3.36. The Bertz CT molecular complexity index is 1080. The van der Waals surface area contributed by atoms with Crippen LogP contribution >= 0.6 is 0 Å². The lowest BCUT2D eigenvalue weighted by atomic mass is 9.84. The number of nitrogens with zero attached hydrogens (tertiary/aromatic N) is 4. The Kier molecular flexibility index (Phi) is 5.02. The fourth-order valence-electron chi connectivity index (χ4n) is 5.06. The van der Waals surface area contributed by atoms with Crippen LogP contribution in [0.2, 0.25) is 0 Å². The van der Waals surface area contributed by atoms with Gasteiger partial charge >= 0.3 is 0 Å². The minimum Gasteiger partial charge on any atom is -0.497 e. The Morgan fingerprint density at radius 2 is 1.84 bits per heavy atom. The van der Waals surface area contributed by atoms with Crippen LogP contribution < -0.4 is 4.74 Å². The van der Waals surface area contributed by atoms with Crippen molar-refractivity contribution in [3.05, 3.63) is 77.9 Å². The van der Waals surface area contributed by atoms with Crippen LogP contribution in [0.4, 0.5) is 0 Å². The van der Waals surface area contributed by atoms with Crippen LogP contribution in [0.1, 0.15) is 29.8 Å². The summed E-state index contributed by atoms with van der Waals surface area (Å²) in [7, 11) is 3.84. The number of methoxy groups -OCH3 is 1. The van der Waals surface area contributed by atoms with Gasteiger partial charge in [0.1, 0.15) is 11.6 Å². The zero-order valence-corrected chi connectivity index (χ0v) is 18.1. The molecule has 2 aromatic carbocycles. The molecule has 0 radical (unpaired) electrons. The highest BCUT2D eigenvalue weighted by Crippen LogP contribution is 2.41. The number of aromatic nitrogens is 2. The monoisotopic (exact) mass is 416 g/mol. The van der Waals surface area contributed by atoms with Gasteiger partial charge in [-0.05, 0) is 49.2 Å².